The minimum Gasteiger partial charge on any atom is -0.347 e. The van der Waals surface area contributed by atoms with E-state index in [9.17, 15) is 0 Å². The highest BCUT2D eigenvalue weighted by atomic mass is 32.1. The van der Waals surface area contributed by atoms with Crippen molar-refractivity contribution in [2.45, 2.75) is 71.1 Å². The average Bonchev–Trinajstić information content (AvgIpc) is 2.27. The van der Waals surface area contributed by atoms with Gasteiger partial charge in [0.15, 0.2) is 0 Å². The molecule has 2 rings (SSSR count). The van der Waals surface area contributed by atoms with Gasteiger partial charge in [-0.3, -0.25) is 0 Å². The fraction of sp³-hybridized carbons (Fsp3) is 0.733. The Morgan fingerprint density at radius 2 is 1.78 bits per heavy atom. The number of aryl methyl sites for hydroxylation is 1. The molecule has 0 atom stereocenters. The van der Waals surface area contributed by atoms with Crippen molar-refractivity contribution in [2.75, 3.05) is 0 Å². The van der Waals surface area contributed by atoms with E-state index in [1.54, 1.807) is 0 Å². The number of hydrogen-bond donors (Lipinski definition) is 1. The van der Waals surface area contributed by atoms with Crippen LogP contribution in [0.4, 0.5) is 0 Å². The van der Waals surface area contributed by atoms with E-state index in [1.807, 2.05) is 0 Å². The molecule has 1 saturated carbocycles. The summed E-state index contributed by atoms with van der Waals surface area (Å²) in [5.74, 6) is 1.73. The minimum absolute atomic E-state index is 0.594. The first-order chi connectivity index (χ1) is 8.72. The fourth-order valence-electron chi connectivity index (χ4n) is 2.97. The quantitative estimate of drug-likeness (QED) is 0.774. The smallest absolute Gasteiger partial charge is 0.133 e. The standard InChI is InChI=1S/C15H24N2S/c1-3-13-11(2)16-14(17-15(13)18)12-9-7-5-4-6-8-10-12/h12H,3-10H2,1-2H3,(H,16,17,18). The molecule has 1 aromatic rings. The molecule has 100 valence electrons. The van der Waals surface area contributed by atoms with Gasteiger partial charge in [0.1, 0.15) is 10.5 Å². The molecule has 0 saturated heterocycles. The molecule has 0 aliphatic heterocycles. The Labute approximate surface area is 115 Å². The van der Waals surface area contributed by atoms with Crippen LogP contribution in [-0.4, -0.2) is 9.97 Å². The van der Waals surface area contributed by atoms with E-state index < -0.39 is 0 Å². The Morgan fingerprint density at radius 3 is 2.33 bits per heavy atom. The lowest BCUT2D eigenvalue weighted by atomic mass is 9.90. The van der Waals surface area contributed by atoms with Crippen LogP contribution in [0.3, 0.4) is 0 Å². The van der Waals surface area contributed by atoms with Gasteiger partial charge in [-0.2, -0.15) is 0 Å². The number of nitrogens with one attached hydrogen (secondary N) is 1. The lowest BCUT2D eigenvalue weighted by Crippen LogP contribution is -2.10. The van der Waals surface area contributed by atoms with Crippen LogP contribution in [0.2, 0.25) is 0 Å². The summed E-state index contributed by atoms with van der Waals surface area (Å²) < 4.78 is 0.811. The number of aromatic nitrogens is 2. The lowest BCUT2D eigenvalue weighted by molar-refractivity contribution is 0.441. The van der Waals surface area contributed by atoms with Crippen LogP contribution in [0.25, 0.3) is 0 Å². The van der Waals surface area contributed by atoms with Gasteiger partial charge in [0.2, 0.25) is 0 Å². The van der Waals surface area contributed by atoms with Gasteiger partial charge in [-0.1, -0.05) is 51.2 Å². The summed E-state index contributed by atoms with van der Waals surface area (Å²) in [5, 5.41) is 0. The van der Waals surface area contributed by atoms with E-state index in [2.05, 4.69) is 23.8 Å². The number of nitrogens with zero attached hydrogens (tertiary/aromatic N) is 1. The van der Waals surface area contributed by atoms with E-state index in [0.717, 1.165) is 16.9 Å². The molecular weight excluding hydrogens is 240 g/mol. The van der Waals surface area contributed by atoms with Gasteiger partial charge in [0, 0.05) is 17.2 Å². The molecular formula is C15H24N2S. The zero-order valence-corrected chi connectivity index (χ0v) is 12.4. The maximum absolute atomic E-state index is 5.42. The SMILES string of the molecule is CCc1c(C)[nH]c(C2CCCCCCC2)nc1=S. The first kappa shape index (κ1) is 13.7. The topological polar surface area (TPSA) is 28.7 Å². The van der Waals surface area contributed by atoms with Gasteiger partial charge in [0.05, 0.1) is 0 Å². The van der Waals surface area contributed by atoms with Crippen LogP contribution >= 0.6 is 12.2 Å². The van der Waals surface area contributed by atoms with Crippen LogP contribution < -0.4 is 0 Å². The molecule has 1 N–H and O–H groups in total. The summed E-state index contributed by atoms with van der Waals surface area (Å²) in [5.41, 5.74) is 2.43. The van der Waals surface area contributed by atoms with Gasteiger partial charge in [0.25, 0.3) is 0 Å². The molecule has 0 unspecified atom stereocenters. The second kappa shape index (κ2) is 6.46. The van der Waals surface area contributed by atoms with Gasteiger partial charge in [-0.05, 0) is 26.2 Å². The van der Waals surface area contributed by atoms with Crippen molar-refractivity contribution < 1.29 is 0 Å². The monoisotopic (exact) mass is 264 g/mol. The summed E-state index contributed by atoms with van der Waals surface area (Å²) in [6.07, 6.45) is 10.3. The van der Waals surface area contributed by atoms with Crippen molar-refractivity contribution in [3.05, 3.63) is 21.7 Å². The van der Waals surface area contributed by atoms with Crippen molar-refractivity contribution in [1.29, 1.82) is 0 Å². The summed E-state index contributed by atoms with van der Waals surface area (Å²) in [7, 11) is 0. The summed E-state index contributed by atoms with van der Waals surface area (Å²) in [6.45, 7) is 4.27. The minimum atomic E-state index is 0.594. The molecule has 0 amide bonds. The second-order valence-electron chi connectivity index (χ2n) is 5.43. The van der Waals surface area contributed by atoms with Crippen LogP contribution in [-0.2, 0) is 6.42 Å². The molecule has 1 heterocycles. The highest BCUT2D eigenvalue weighted by Gasteiger charge is 2.16. The van der Waals surface area contributed by atoms with Gasteiger partial charge >= 0.3 is 0 Å². The van der Waals surface area contributed by atoms with Gasteiger partial charge < -0.3 is 4.98 Å². The Balaban J connectivity index is 2.23. The highest BCUT2D eigenvalue weighted by Crippen LogP contribution is 2.29. The maximum atomic E-state index is 5.42. The predicted octanol–water partition coefficient (Wildman–Crippen LogP) is 4.84. The molecule has 1 aliphatic carbocycles. The van der Waals surface area contributed by atoms with Crippen LogP contribution in [0.5, 0.6) is 0 Å². The molecule has 0 spiro atoms. The van der Waals surface area contributed by atoms with E-state index in [4.69, 9.17) is 12.2 Å². The van der Waals surface area contributed by atoms with E-state index in [1.165, 1.54) is 56.2 Å². The van der Waals surface area contributed by atoms with E-state index in [-0.39, 0.29) is 0 Å². The first-order valence-electron chi connectivity index (χ1n) is 7.32. The third-order valence-electron chi connectivity index (χ3n) is 4.09. The van der Waals surface area contributed by atoms with E-state index in [0.29, 0.717) is 5.92 Å². The maximum Gasteiger partial charge on any atom is 0.133 e. The van der Waals surface area contributed by atoms with E-state index >= 15 is 0 Å². The zero-order chi connectivity index (χ0) is 13.0. The largest absolute Gasteiger partial charge is 0.347 e. The second-order valence-corrected chi connectivity index (χ2v) is 5.81. The molecule has 2 nitrogen and oxygen atoms in total. The van der Waals surface area contributed by atoms with Crippen molar-refractivity contribution in [3.8, 4) is 0 Å². The zero-order valence-electron chi connectivity index (χ0n) is 11.6. The van der Waals surface area contributed by atoms with Crippen LogP contribution in [0.15, 0.2) is 0 Å². The summed E-state index contributed by atoms with van der Waals surface area (Å²) >= 11 is 5.42. The molecule has 18 heavy (non-hydrogen) atoms. The normalized spacial score (nSPS) is 18.3. The third kappa shape index (κ3) is 3.19. The van der Waals surface area contributed by atoms with Gasteiger partial charge in [-0.25, -0.2) is 4.98 Å². The molecule has 1 fully saturated rings. The van der Waals surface area contributed by atoms with Gasteiger partial charge in [-0.15, -0.1) is 0 Å². The number of H-pyrrole nitrogens is 1. The molecule has 1 aromatic heterocycles. The Morgan fingerprint density at radius 1 is 1.17 bits per heavy atom. The fourth-order valence-corrected chi connectivity index (χ4v) is 3.37. The molecule has 0 aromatic carbocycles. The number of hydrogen-bond acceptors (Lipinski definition) is 2. The average molecular weight is 264 g/mol. The van der Waals surface area contributed by atoms with Crippen LogP contribution in [0.1, 0.15) is 74.9 Å². The lowest BCUT2D eigenvalue weighted by Gasteiger charge is -2.20. The Kier molecular flexibility index (Phi) is 4.93. The van der Waals surface area contributed by atoms with Crippen molar-refractivity contribution >= 4 is 12.2 Å². The van der Waals surface area contributed by atoms with Crippen molar-refractivity contribution in [3.63, 3.8) is 0 Å². The Hall–Kier alpha value is -0.700. The summed E-state index contributed by atoms with van der Waals surface area (Å²) in [6, 6.07) is 0. The molecule has 0 radical (unpaired) electrons. The molecule has 3 heteroatoms. The van der Waals surface area contributed by atoms with Crippen LogP contribution in [0, 0.1) is 11.6 Å². The number of aromatic amines is 1. The third-order valence-corrected chi connectivity index (χ3v) is 4.43. The predicted molar refractivity (Wildman–Crippen MR) is 78.6 cm³/mol. The van der Waals surface area contributed by atoms with Crippen molar-refractivity contribution in [1.82, 2.24) is 9.97 Å². The van der Waals surface area contributed by atoms with Crippen molar-refractivity contribution in [2.24, 2.45) is 0 Å². The number of rotatable bonds is 2. The summed E-state index contributed by atoms with van der Waals surface area (Å²) in [4.78, 5) is 8.17. The molecule has 0 bridgehead atoms. The molecule has 1 aliphatic rings. The first-order valence-corrected chi connectivity index (χ1v) is 7.73. The highest BCUT2D eigenvalue weighted by molar-refractivity contribution is 7.71. The Bertz CT molecular complexity index is 442.